The van der Waals surface area contributed by atoms with E-state index in [2.05, 4.69) is 4.90 Å². The van der Waals surface area contributed by atoms with Crippen molar-refractivity contribution in [3.63, 3.8) is 0 Å². The number of fused-ring (bicyclic) bond motifs is 2. The summed E-state index contributed by atoms with van der Waals surface area (Å²) in [4.78, 5) is 28.4. The van der Waals surface area contributed by atoms with E-state index in [4.69, 9.17) is 9.47 Å². The molecule has 1 saturated heterocycles. The average molecular weight is 464 g/mol. The number of amides is 1. The van der Waals surface area contributed by atoms with E-state index in [9.17, 15) is 14.7 Å². The molecular formula is C26H29N3O5. The monoisotopic (exact) mass is 463 g/mol. The van der Waals surface area contributed by atoms with E-state index in [0.717, 1.165) is 48.9 Å². The third-order valence-corrected chi connectivity index (χ3v) is 6.74. The van der Waals surface area contributed by atoms with Crippen LogP contribution in [0.2, 0.25) is 0 Å². The van der Waals surface area contributed by atoms with Gasteiger partial charge in [0.15, 0.2) is 11.5 Å². The fourth-order valence-electron chi connectivity index (χ4n) is 4.91. The molecule has 0 unspecified atom stereocenters. The Morgan fingerprint density at radius 1 is 0.971 bits per heavy atom. The van der Waals surface area contributed by atoms with Gasteiger partial charge in [0, 0.05) is 44.8 Å². The normalized spacial score (nSPS) is 16.5. The summed E-state index contributed by atoms with van der Waals surface area (Å²) < 4.78 is 13.0. The molecule has 0 saturated carbocycles. The predicted molar refractivity (Wildman–Crippen MR) is 129 cm³/mol. The highest BCUT2D eigenvalue weighted by Gasteiger charge is 2.28. The molecule has 0 aliphatic carbocycles. The van der Waals surface area contributed by atoms with E-state index in [1.54, 1.807) is 6.07 Å². The number of likely N-dealkylation sites (tertiary alicyclic amines) is 1. The number of carboxylic acid groups (broad SMARTS) is 1. The van der Waals surface area contributed by atoms with Gasteiger partial charge in [-0.3, -0.25) is 4.79 Å². The number of pyridine rings is 1. The quantitative estimate of drug-likeness (QED) is 0.603. The van der Waals surface area contributed by atoms with Crippen molar-refractivity contribution in [2.45, 2.75) is 32.0 Å². The Kier molecular flexibility index (Phi) is 6.40. The number of nitrogens with zero attached hydrogens (tertiary/aromatic N) is 3. The van der Waals surface area contributed by atoms with E-state index in [1.807, 2.05) is 53.1 Å². The van der Waals surface area contributed by atoms with E-state index < -0.39 is 6.09 Å². The summed E-state index contributed by atoms with van der Waals surface area (Å²) in [5.74, 6) is 1.38. The van der Waals surface area contributed by atoms with Crippen LogP contribution in [0, 0.1) is 0 Å². The van der Waals surface area contributed by atoms with Crippen molar-refractivity contribution >= 4 is 17.0 Å². The largest absolute Gasteiger partial charge is 0.486 e. The second-order valence-electron chi connectivity index (χ2n) is 8.84. The third-order valence-electron chi connectivity index (χ3n) is 6.74. The van der Waals surface area contributed by atoms with Crippen molar-refractivity contribution in [3.8, 4) is 11.5 Å². The first kappa shape index (κ1) is 22.3. The van der Waals surface area contributed by atoms with Crippen molar-refractivity contribution in [1.82, 2.24) is 14.4 Å². The SMILES string of the molecule is O=C(O)N(Cc1ccc2c(c1)OCCO2)C1CCN(CCn2c(=O)ccc3ccccc32)CC1. The maximum atomic E-state index is 12.4. The Hall–Kier alpha value is -3.52. The molecule has 1 fully saturated rings. The van der Waals surface area contributed by atoms with Crippen LogP contribution in [0.25, 0.3) is 10.9 Å². The predicted octanol–water partition coefficient (Wildman–Crippen LogP) is 3.42. The minimum absolute atomic E-state index is 0.00469. The lowest BCUT2D eigenvalue weighted by Crippen LogP contribution is -2.47. The number of ether oxygens (including phenoxy) is 2. The first-order valence-electron chi connectivity index (χ1n) is 11.8. The molecule has 1 amide bonds. The van der Waals surface area contributed by atoms with Crippen LogP contribution in [0.3, 0.4) is 0 Å². The zero-order valence-electron chi connectivity index (χ0n) is 19.1. The molecule has 0 atom stereocenters. The Balaban J connectivity index is 1.20. The van der Waals surface area contributed by atoms with Crippen molar-refractivity contribution < 1.29 is 19.4 Å². The van der Waals surface area contributed by atoms with Crippen LogP contribution in [-0.4, -0.2) is 64.5 Å². The van der Waals surface area contributed by atoms with Crippen LogP contribution < -0.4 is 15.0 Å². The van der Waals surface area contributed by atoms with Gasteiger partial charge in [0.2, 0.25) is 0 Å². The molecule has 8 nitrogen and oxygen atoms in total. The minimum Gasteiger partial charge on any atom is -0.486 e. The number of rotatable bonds is 6. The summed E-state index contributed by atoms with van der Waals surface area (Å²) in [6, 6.07) is 17.0. The molecular weight excluding hydrogens is 434 g/mol. The van der Waals surface area contributed by atoms with Gasteiger partial charge in [-0.25, -0.2) is 4.79 Å². The van der Waals surface area contributed by atoms with Gasteiger partial charge in [0.1, 0.15) is 13.2 Å². The number of hydrogen-bond acceptors (Lipinski definition) is 5. The maximum absolute atomic E-state index is 12.4. The van der Waals surface area contributed by atoms with Crippen LogP contribution in [0.15, 0.2) is 59.4 Å². The lowest BCUT2D eigenvalue weighted by atomic mass is 10.0. The molecule has 0 spiro atoms. The third kappa shape index (κ3) is 4.72. The summed E-state index contributed by atoms with van der Waals surface area (Å²) in [5, 5.41) is 10.9. The van der Waals surface area contributed by atoms with Gasteiger partial charge < -0.3 is 28.9 Å². The number of aromatic nitrogens is 1. The summed E-state index contributed by atoms with van der Waals surface area (Å²) in [6.07, 6.45) is 0.624. The van der Waals surface area contributed by atoms with Gasteiger partial charge in [0.25, 0.3) is 5.56 Å². The van der Waals surface area contributed by atoms with Crippen molar-refractivity contribution in [2.75, 3.05) is 32.8 Å². The molecule has 2 aromatic carbocycles. The number of benzene rings is 2. The molecule has 1 aromatic heterocycles. The Labute approximate surface area is 197 Å². The Bertz CT molecular complexity index is 1230. The second-order valence-corrected chi connectivity index (χ2v) is 8.84. The summed E-state index contributed by atoms with van der Waals surface area (Å²) in [7, 11) is 0. The zero-order valence-corrected chi connectivity index (χ0v) is 19.1. The first-order valence-corrected chi connectivity index (χ1v) is 11.8. The maximum Gasteiger partial charge on any atom is 0.407 e. The molecule has 34 heavy (non-hydrogen) atoms. The number of piperidine rings is 1. The molecule has 3 aromatic rings. The lowest BCUT2D eigenvalue weighted by molar-refractivity contribution is 0.0856. The van der Waals surface area contributed by atoms with Gasteiger partial charge >= 0.3 is 6.09 Å². The molecule has 5 rings (SSSR count). The number of carbonyl (C=O) groups is 1. The molecule has 1 N–H and O–H groups in total. The zero-order chi connectivity index (χ0) is 23.5. The summed E-state index contributed by atoms with van der Waals surface area (Å²) in [5.41, 5.74) is 1.84. The standard InChI is InChI=1S/C26H29N3O5/c30-25-8-6-20-3-1-2-4-22(20)28(25)14-13-27-11-9-21(10-12-27)29(26(31)32)18-19-5-7-23-24(17-19)34-16-15-33-23/h1-8,17,21H,9-16,18H2,(H,31,32). The first-order chi connectivity index (χ1) is 16.6. The molecule has 2 aliphatic rings. The minimum atomic E-state index is -0.907. The molecule has 178 valence electrons. The molecule has 0 radical (unpaired) electrons. The molecule has 2 aliphatic heterocycles. The van der Waals surface area contributed by atoms with E-state index in [0.29, 0.717) is 37.8 Å². The van der Waals surface area contributed by atoms with Crippen molar-refractivity contribution in [1.29, 1.82) is 0 Å². The van der Waals surface area contributed by atoms with E-state index >= 15 is 0 Å². The fourth-order valence-corrected chi connectivity index (χ4v) is 4.91. The molecule has 3 heterocycles. The number of para-hydroxylation sites is 1. The molecule has 8 heteroatoms. The van der Waals surface area contributed by atoms with Crippen LogP contribution in [0.4, 0.5) is 4.79 Å². The second kappa shape index (κ2) is 9.77. The lowest BCUT2D eigenvalue weighted by Gasteiger charge is -2.37. The van der Waals surface area contributed by atoms with Crippen molar-refractivity contribution in [3.05, 3.63) is 70.5 Å². The average Bonchev–Trinajstić information content (AvgIpc) is 2.87. The smallest absolute Gasteiger partial charge is 0.407 e. The summed E-state index contributed by atoms with van der Waals surface area (Å²) in [6.45, 7) is 4.33. The van der Waals surface area contributed by atoms with Crippen molar-refractivity contribution in [2.24, 2.45) is 0 Å². The highest BCUT2D eigenvalue weighted by atomic mass is 16.6. The van der Waals surface area contributed by atoms with E-state index in [1.165, 1.54) is 4.90 Å². The highest BCUT2D eigenvalue weighted by Crippen LogP contribution is 2.31. The van der Waals surface area contributed by atoms with Gasteiger partial charge in [-0.05, 0) is 48.1 Å². The summed E-state index contributed by atoms with van der Waals surface area (Å²) >= 11 is 0. The van der Waals surface area contributed by atoms with Crippen LogP contribution in [0.5, 0.6) is 11.5 Å². The topological polar surface area (TPSA) is 84.2 Å². The van der Waals surface area contributed by atoms with Crippen LogP contribution in [0.1, 0.15) is 18.4 Å². The molecule has 0 bridgehead atoms. The highest BCUT2D eigenvalue weighted by molar-refractivity contribution is 5.78. The van der Waals surface area contributed by atoms with Gasteiger partial charge in [-0.15, -0.1) is 0 Å². The van der Waals surface area contributed by atoms with Gasteiger partial charge in [-0.2, -0.15) is 0 Å². The number of hydrogen-bond donors (Lipinski definition) is 1. The van der Waals surface area contributed by atoms with Crippen LogP contribution >= 0.6 is 0 Å². The fraction of sp³-hybridized carbons (Fsp3) is 0.385. The van der Waals surface area contributed by atoms with Gasteiger partial charge in [0.05, 0.1) is 5.52 Å². The Morgan fingerprint density at radius 2 is 1.74 bits per heavy atom. The Morgan fingerprint density at radius 3 is 2.53 bits per heavy atom. The van der Waals surface area contributed by atoms with Crippen LogP contribution in [-0.2, 0) is 13.1 Å². The van der Waals surface area contributed by atoms with E-state index in [-0.39, 0.29) is 11.6 Å². The van der Waals surface area contributed by atoms with Gasteiger partial charge in [-0.1, -0.05) is 24.3 Å².